The predicted molar refractivity (Wildman–Crippen MR) is 140 cm³/mol. The van der Waals surface area contributed by atoms with E-state index in [-0.39, 0.29) is 17.9 Å². The van der Waals surface area contributed by atoms with Crippen LogP contribution in [-0.4, -0.2) is 21.7 Å². The number of hydrogen-bond donors (Lipinski definition) is 1. The molecule has 0 bridgehead atoms. The van der Waals surface area contributed by atoms with Gasteiger partial charge in [-0.15, -0.1) is 0 Å². The van der Waals surface area contributed by atoms with E-state index < -0.39 is 17.7 Å². The standard InChI is InChI=1S/C30H24ClNO5/c1-19-5-2-6-20(15-19)18-37-24-12-10-21(11-13-24)28(33)26-27(22-7-3-8-23(31)16-22)32(30(35)29(26)34)17-25-9-4-14-36-25/h2-16,27,33H,17-18H2,1H3/t27-/m0/s1. The summed E-state index contributed by atoms with van der Waals surface area (Å²) in [6.07, 6.45) is 1.50. The molecule has 1 atom stereocenters. The molecule has 2 heterocycles. The molecule has 37 heavy (non-hydrogen) atoms. The SMILES string of the molecule is Cc1cccc(COc2ccc(C(O)=C3C(=O)C(=O)N(Cc4ccco4)[C@H]3c3cccc(Cl)c3)cc2)c1. The monoisotopic (exact) mass is 513 g/mol. The van der Waals surface area contributed by atoms with Crippen LogP contribution in [0.1, 0.15) is 34.1 Å². The van der Waals surface area contributed by atoms with Crippen LogP contribution in [-0.2, 0) is 22.7 Å². The minimum Gasteiger partial charge on any atom is -0.507 e. The van der Waals surface area contributed by atoms with Gasteiger partial charge in [-0.25, -0.2) is 0 Å². The van der Waals surface area contributed by atoms with Crippen LogP contribution >= 0.6 is 11.6 Å². The molecule has 1 fully saturated rings. The van der Waals surface area contributed by atoms with Gasteiger partial charge in [0.15, 0.2) is 0 Å². The van der Waals surface area contributed by atoms with E-state index in [4.69, 9.17) is 20.8 Å². The number of carbonyl (C=O) groups is 2. The van der Waals surface area contributed by atoms with E-state index in [2.05, 4.69) is 6.07 Å². The van der Waals surface area contributed by atoms with Gasteiger partial charge in [0, 0.05) is 10.6 Å². The Morgan fingerprint density at radius 2 is 1.78 bits per heavy atom. The van der Waals surface area contributed by atoms with Gasteiger partial charge in [0.25, 0.3) is 11.7 Å². The number of nitrogens with zero attached hydrogens (tertiary/aromatic N) is 1. The Labute approximate surface area is 219 Å². The zero-order chi connectivity index (χ0) is 25.9. The van der Waals surface area contributed by atoms with E-state index in [1.807, 2.05) is 25.1 Å². The topological polar surface area (TPSA) is 80.0 Å². The summed E-state index contributed by atoms with van der Waals surface area (Å²) in [5.41, 5.74) is 3.19. The van der Waals surface area contributed by atoms with E-state index in [0.717, 1.165) is 11.1 Å². The highest BCUT2D eigenvalue weighted by Gasteiger charge is 2.46. The van der Waals surface area contributed by atoms with E-state index in [1.54, 1.807) is 60.7 Å². The maximum Gasteiger partial charge on any atom is 0.296 e. The van der Waals surface area contributed by atoms with Crippen LogP contribution in [0, 0.1) is 6.92 Å². The third-order valence-corrected chi connectivity index (χ3v) is 6.46. The van der Waals surface area contributed by atoms with Crippen molar-refractivity contribution >= 4 is 29.1 Å². The molecule has 0 unspecified atom stereocenters. The number of ether oxygens (including phenoxy) is 1. The molecule has 6 nitrogen and oxygen atoms in total. The first-order valence-electron chi connectivity index (χ1n) is 11.8. The molecule has 0 radical (unpaired) electrons. The van der Waals surface area contributed by atoms with Crippen LogP contribution in [0.4, 0.5) is 0 Å². The second-order valence-corrected chi connectivity index (χ2v) is 9.30. The molecule has 186 valence electrons. The van der Waals surface area contributed by atoms with Crippen molar-refractivity contribution in [3.05, 3.63) is 130 Å². The van der Waals surface area contributed by atoms with Gasteiger partial charge in [-0.05, 0) is 66.6 Å². The highest BCUT2D eigenvalue weighted by molar-refractivity contribution is 6.46. The summed E-state index contributed by atoms with van der Waals surface area (Å²) in [4.78, 5) is 27.7. The summed E-state index contributed by atoms with van der Waals surface area (Å²) in [6.45, 7) is 2.49. The lowest BCUT2D eigenvalue weighted by Crippen LogP contribution is -2.29. The van der Waals surface area contributed by atoms with Gasteiger partial charge < -0.3 is 19.2 Å². The van der Waals surface area contributed by atoms with Crippen molar-refractivity contribution in [3.8, 4) is 5.75 Å². The molecule has 0 saturated carbocycles. The van der Waals surface area contributed by atoms with E-state index in [9.17, 15) is 14.7 Å². The van der Waals surface area contributed by atoms with Crippen molar-refractivity contribution in [1.82, 2.24) is 4.90 Å². The number of carbonyl (C=O) groups excluding carboxylic acids is 2. The number of hydrogen-bond acceptors (Lipinski definition) is 5. The molecule has 1 saturated heterocycles. The Morgan fingerprint density at radius 1 is 1.00 bits per heavy atom. The predicted octanol–water partition coefficient (Wildman–Crippen LogP) is 6.44. The second-order valence-electron chi connectivity index (χ2n) is 8.86. The second kappa shape index (κ2) is 10.4. The molecule has 7 heteroatoms. The van der Waals surface area contributed by atoms with Gasteiger partial charge in [0.1, 0.15) is 23.9 Å². The molecule has 1 aromatic heterocycles. The number of amides is 1. The number of benzene rings is 3. The van der Waals surface area contributed by atoms with Crippen LogP contribution < -0.4 is 4.74 Å². The number of aliphatic hydroxyl groups excluding tert-OH is 1. The number of Topliss-reactive ketones (excluding diaryl/α,β-unsaturated/α-hetero) is 1. The van der Waals surface area contributed by atoms with E-state index >= 15 is 0 Å². The zero-order valence-corrected chi connectivity index (χ0v) is 20.8. The first-order valence-corrected chi connectivity index (χ1v) is 12.1. The minimum atomic E-state index is -0.832. The quantitative estimate of drug-likeness (QED) is 0.175. The first kappa shape index (κ1) is 24.4. The van der Waals surface area contributed by atoms with Crippen LogP contribution in [0.15, 0.2) is 101 Å². The summed E-state index contributed by atoms with van der Waals surface area (Å²) in [5.74, 6) is -0.628. The van der Waals surface area contributed by atoms with Crippen molar-refractivity contribution in [2.75, 3.05) is 0 Å². The number of aliphatic hydroxyl groups is 1. The Morgan fingerprint density at radius 3 is 2.49 bits per heavy atom. The average Bonchev–Trinajstić information content (AvgIpc) is 3.50. The minimum absolute atomic E-state index is 0.00717. The van der Waals surface area contributed by atoms with Crippen LogP contribution in [0.2, 0.25) is 5.02 Å². The molecule has 4 aromatic rings. The van der Waals surface area contributed by atoms with Gasteiger partial charge in [-0.1, -0.05) is 53.6 Å². The van der Waals surface area contributed by atoms with Crippen molar-refractivity contribution < 1.29 is 23.8 Å². The van der Waals surface area contributed by atoms with Crippen molar-refractivity contribution in [3.63, 3.8) is 0 Å². The first-order chi connectivity index (χ1) is 17.9. The summed E-state index contributed by atoms with van der Waals surface area (Å²) in [5, 5.41) is 11.7. The lowest BCUT2D eigenvalue weighted by atomic mass is 9.95. The normalized spacial score (nSPS) is 16.8. The number of rotatable bonds is 7. The Bertz CT molecular complexity index is 1470. The Balaban J connectivity index is 1.47. The molecule has 0 aliphatic carbocycles. The van der Waals surface area contributed by atoms with Crippen LogP contribution in [0.5, 0.6) is 5.75 Å². The number of ketones is 1. The largest absolute Gasteiger partial charge is 0.507 e. The molecular formula is C30H24ClNO5. The molecule has 1 N–H and O–H groups in total. The van der Waals surface area contributed by atoms with Gasteiger partial charge in [-0.2, -0.15) is 0 Å². The molecule has 5 rings (SSSR count). The average molecular weight is 514 g/mol. The van der Waals surface area contributed by atoms with Crippen molar-refractivity contribution in [2.45, 2.75) is 26.1 Å². The fourth-order valence-electron chi connectivity index (χ4n) is 4.47. The van der Waals surface area contributed by atoms with Gasteiger partial charge in [0.2, 0.25) is 0 Å². The summed E-state index contributed by atoms with van der Waals surface area (Å²) in [6, 6.07) is 24.3. The Kier molecular flexibility index (Phi) is 6.84. The van der Waals surface area contributed by atoms with Crippen molar-refractivity contribution in [2.24, 2.45) is 0 Å². The zero-order valence-electron chi connectivity index (χ0n) is 20.1. The smallest absolute Gasteiger partial charge is 0.296 e. The fraction of sp³-hybridized carbons (Fsp3) is 0.133. The fourth-order valence-corrected chi connectivity index (χ4v) is 4.67. The van der Waals surface area contributed by atoms with Crippen molar-refractivity contribution in [1.29, 1.82) is 0 Å². The molecule has 1 amide bonds. The molecule has 3 aromatic carbocycles. The lowest BCUT2D eigenvalue weighted by Gasteiger charge is -2.24. The number of furan rings is 1. The van der Waals surface area contributed by atoms with Gasteiger partial charge >= 0.3 is 0 Å². The maximum atomic E-state index is 13.2. The molecule has 0 spiro atoms. The molecular weight excluding hydrogens is 490 g/mol. The van der Waals surface area contributed by atoms with Crippen LogP contribution in [0.3, 0.4) is 0 Å². The maximum absolute atomic E-state index is 13.2. The number of likely N-dealkylation sites (tertiary alicyclic amines) is 1. The Hall–Kier alpha value is -4.29. The molecule has 1 aliphatic rings. The van der Waals surface area contributed by atoms with E-state index in [0.29, 0.717) is 34.3 Å². The van der Waals surface area contributed by atoms with Gasteiger partial charge in [-0.3, -0.25) is 9.59 Å². The summed E-state index contributed by atoms with van der Waals surface area (Å²) in [7, 11) is 0. The molecule has 1 aliphatic heterocycles. The van der Waals surface area contributed by atoms with Crippen LogP contribution in [0.25, 0.3) is 5.76 Å². The summed E-state index contributed by atoms with van der Waals surface area (Å²) < 4.78 is 11.3. The third kappa shape index (κ3) is 5.15. The highest BCUT2D eigenvalue weighted by Crippen LogP contribution is 2.41. The highest BCUT2D eigenvalue weighted by atomic mass is 35.5. The van der Waals surface area contributed by atoms with E-state index in [1.165, 1.54) is 11.2 Å². The summed E-state index contributed by atoms with van der Waals surface area (Å²) >= 11 is 6.23. The third-order valence-electron chi connectivity index (χ3n) is 6.23. The number of aryl methyl sites for hydroxylation is 1. The number of halogens is 1. The van der Waals surface area contributed by atoms with Gasteiger partial charge in [0.05, 0.1) is 24.4 Å². The lowest BCUT2D eigenvalue weighted by molar-refractivity contribution is -0.140.